The SMILES string of the molecule is COCCNc1ccc2nc(N)nn2c1. The summed E-state index contributed by atoms with van der Waals surface area (Å²) in [5.41, 5.74) is 7.18. The van der Waals surface area contributed by atoms with Crippen LogP contribution in [0, 0.1) is 0 Å². The number of nitrogens with one attached hydrogen (secondary N) is 1. The molecule has 3 N–H and O–H groups in total. The highest BCUT2D eigenvalue weighted by molar-refractivity contribution is 5.50. The average Bonchev–Trinajstić information content (AvgIpc) is 2.57. The van der Waals surface area contributed by atoms with E-state index in [1.807, 2.05) is 18.3 Å². The Morgan fingerprint density at radius 3 is 3.20 bits per heavy atom. The Kier molecular flexibility index (Phi) is 2.68. The molecule has 0 amide bonds. The lowest BCUT2D eigenvalue weighted by Gasteiger charge is -2.04. The van der Waals surface area contributed by atoms with E-state index in [4.69, 9.17) is 10.5 Å². The fraction of sp³-hybridized carbons (Fsp3) is 0.333. The van der Waals surface area contributed by atoms with Crippen LogP contribution in [0.1, 0.15) is 0 Å². The first-order valence-corrected chi connectivity index (χ1v) is 4.64. The van der Waals surface area contributed by atoms with Crippen LogP contribution in [0.25, 0.3) is 5.65 Å². The van der Waals surface area contributed by atoms with E-state index in [1.165, 1.54) is 0 Å². The Hall–Kier alpha value is -1.82. The van der Waals surface area contributed by atoms with Crippen molar-refractivity contribution in [2.24, 2.45) is 0 Å². The number of anilines is 2. The van der Waals surface area contributed by atoms with Gasteiger partial charge in [0.25, 0.3) is 0 Å². The molecule has 0 saturated carbocycles. The second-order valence-corrected chi connectivity index (χ2v) is 3.11. The summed E-state index contributed by atoms with van der Waals surface area (Å²) in [7, 11) is 1.67. The molecule has 6 nitrogen and oxygen atoms in total. The minimum atomic E-state index is 0.282. The Morgan fingerprint density at radius 1 is 1.53 bits per heavy atom. The number of hydrogen-bond acceptors (Lipinski definition) is 5. The molecule has 80 valence electrons. The fourth-order valence-corrected chi connectivity index (χ4v) is 1.30. The summed E-state index contributed by atoms with van der Waals surface area (Å²) in [6.45, 7) is 1.42. The van der Waals surface area contributed by atoms with Crippen LogP contribution in [0.4, 0.5) is 11.6 Å². The van der Waals surface area contributed by atoms with Crippen molar-refractivity contribution < 1.29 is 4.74 Å². The van der Waals surface area contributed by atoms with Gasteiger partial charge in [-0.2, -0.15) is 4.98 Å². The molecule has 0 unspecified atom stereocenters. The quantitative estimate of drug-likeness (QED) is 0.708. The number of fused-ring (bicyclic) bond motifs is 1. The number of rotatable bonds is 4. The van der Waals surface area contributed by atoms with Crippen LogP contribution < -0.4 is 11.1 Å². The second kappa shape index (κ2) is 4.14. The maximum absolute atomic E-state index is 5.48. The number of hydrogen-bond donors (Lipinski definition) is 2. The number of pyridine rings is 1. The number of aromatic nitrogens is 3. The fourth-order valence-electron chi connectivity index (χ4n) is 1.30. The van der Waals surface area contributed by atoms with E-state index < -0.39 is 0 Å². The van der Waals surface area contributed by atoms with E-state index in [1.54, 1.807) is 11.6 Å². The molecule has 6 heteroatoms. The summed E-state index contributed by atoms with van der Waals surface area (Å²) < 4.78 is 6.58. The summed E-state index contributed by atoms with van der Waals surface area (Å²) >= 11 is 0. The first-order chi connectivity index (χ1) is 7.29. The van der Waals surface area contributed by atoms with E-state index in [9.17, 15) is 0 Å². The van der Waals surface area contributed by atoms with E-state index in [0.717, 1.165) is 17.9 Å². The van der Waals surface area contributed by atoms with Crippen LogP contribution in [0.5, 0.6) is 0 Å². The van der Waals surface area contributed by atoms with E-state index >= 15 is 0 Å². The van der Waals surface area contributed by atoms with Crippen molar-refractivity contribution in [3.63, 3.8) is 0 Å². The number of ether oxygens (including phenoxy) is 1. The lowest BCUT2D eigenvalue weighted by atomic mass is 10.4. The van der Waals surface area contributed by atoms with Gasteiger partial charge < -0.3 is 15.8 Å². The molecule has 0 saturated heterocycles. The first-order valence-electron chi connectivity index (χ1n) is 4.64. The zero-order valence-corrected chi connectivity index (χ0v) is 8.47. The highest BCUT2D eigenvalue weighted by atomic mass is 16.5. The summed E-state index contributed by atoms with van der Waals surface area (Å²) in [6.07, 6.45) is 1.84. The van der Waals surface area contributed by atoms with Crippen LogP contribution in [-0.4, -0.2) is 34.9 Å². The molecule has 0 bridgehead atoms. The third-order valence-corrected chi connectivity index (χ3v) is 1.98. The maximum Gasteiger partial charge on any atom is 0.240 e. The van der Waals surface area contributed by atoms with Crippen molar-refractivity contribution in [2.75, 3.05) is 31.3 Å². The van der Waals surface area contributed by atoms with Crippen molar-refractivity contribution in [3.8, 4) is 0 Å². The minimum Gasteiger partial charge on any atom is -0.383 e. The molecule has 2 aromatic rings. The molecular formula is C9H13N5O. The largest absolute Gasteiger partial charge is 0.383 e. The first kappa shape index (κ1) is 9.72. The topological polar surface area (TPSA) is 77.5 Å². The van der Waals surface area contributed by atoms with Gasteiger partial charge in [-0.05, 0) is 12.1 Å². The van der Waals surface area contributed by atoms with Gasteiger partial charge in [-0.3, -0.25) is 0 Å². The van der Waals surface area contributed by atoms with E-state index in [0.29, 0.717) is 6.61 Å². The normalized spacial score (nSPS) is 10.7. The number of nitrogens with two attached hydrogens (primary N) is 1. The number of methoxy groups -OCH3 is 1. The molecule has 0 radical (unpaired) electrons. The average molecular weight is 207 g/mol. The molecule has 2 heterocycles. The second-order valence-electron chi connectivity index (χ2n) is 3.11. The summed E-state index contributed by atoms with van der Waals surface area (Å²) in [5, 5.41) is 7.21. The van der Waals surface area contributed by atoms with Gasteiger partial charge >= 0.3 is 0 Å². The molecule has 0 atom stereocenters. The van der Waals surface area contributed by atoms with Crippen LogP contribution in [0.2, 0.25) is 0 Å². The summed E-state index contributed by atoms with van der Waals surface area (Å²) in [5.74, 6) is 0.282. The van der Waals surface area contributed by atoms with Crippen molar-refractivity contribution in [1.82, 2.24) is 14.6 Å². The van der Waals surface area contributed by atoms with Crippen LogP contribution in [0.15, 0.2) is 18.3 Å². The third-order valence-electron chi connectivity index (χ3n) is 1.98. The molecule has 0 aromatic carbocycles. The zero-order chi connectivity index (χ0) is 10.7. The standard InChI is InChI=1S/C9H13N5O/c1-15-5-4-11-7-2-3-8-12-9(10)13-14(8)6-7/h2-3,6,11H,4-5H2,1H3,(H2,10,13). The van der Waals surface area contributed by atoms with Gasteiger partial charge in [0, 0.05) is 13.7 Å². The molecule has 0 spiro atoms. The number of nitrogens with zero attached hydrogens (tertiary/aromatic N) is 3. The van der Waals surface area contributed by atoms with Gasteiger partial charge in [-0.15, -0.1) is 5.10 Å². The van der Waals surface area contributed by atoms with Crippen LogP contribution in [-0.2, 0) is 4.74 Å². The predicted octanol–water partition coefficient (Wildman–Crippen LogP) is 0.370. The van der Waals surface area contributed by atoms with Crippen molar-refractivity contribution in [3.05, 3.63) is 18.3 Å². The van der Waals surface area contributed by atoms with Gasteiger partial charge in [-0.1, -0.05) is 0 Å². The molecule has 0 aliphatic rings. The maximum atomic E-state index is 5.48. The Bertz CT molecular complexity index is 453. The zero-order valence-electron chi connectivity index (χ0n) is 8.47. The van der Waals surface area contributed by atoms with E-state index in [-0.39, 0.29) is 5.95 Å². The van der Waals surface area contributed by atoms with Gasteiger partial charge in [0.2, 0.25) is 5.95 Å². The summed E-state index contributed by atoms with van der Waals surface area (Å²) in [6, 6.07) is 3.79. The number of nitrogen functional groups attached to an aromatic ring is 1. The Balaban J connectivity index is 2.15. The molecule has 2 rings (SSSR count). The van der Waals surface area contributed by atoms with E-state index in [2.05, 4.69) is 15.4 Å². The third kappa shape index (κ3) is 2.16. The molecule has 0 aliphatic heterocycles. The van der Waals surface area contributed by atoms with Crippen LogP contribution in [0.3, 0.4) is 0 Å². The van der Waals surface area contributed by atoms with Crippen molar-refractivity contribution in [1.29, 1.82) is 0 Å². The highest BCUT2D eigenvalue weighted by Crippen LogP contribution is 2.09. The molecular weight excluding hydrogens is 194 g/mol. The molecule has 15 heavy (non-hydrogen) atoms. The molecule has 2 aromatic heterocycles. The van der Waals surface area contributed by atoms with Gasteiger partial charge in [-0.25, -0.2) is 4.52 Å². The van der Waals surface area contributed by atoms with Gasteiger partial charge in [0.1, 0.15) is 0 Å². The predicted molar refractivity (Wildman–Crippen MR) is 57.8 cm³/mol. The van der Waals surface area contributed by atoms with Crippen molar-refractivity contribution >= 4 is 17.3 Å². The lowest BCUT2D eigenvalue weighted by molar-refractivity contribution is 0.211. The summed E-state index contributed by atoms with van der Waals surface area (Å²) in [4.78, 5) is 4.03. The molecule has 0 fully saturated rings. The smallest absolute Gasteiger partial charge is 0.240 e. The lowest BCUT2D eigenvalue weighted by Crippen LogP contribution is -2.08. The minimum absolute atomic E-state index is 0.282. The monoisotopic (exact) mass is 207 g/mol. The Labute approximate surface area is 87.1 Å². The highest BCUT2D eigenvalue weighted by Gasteiger charge is 2.00. The molecule has 0 aliphatic carbocycles. The van der Waals surface area contributed by atoms with Gasteiger partial charge in [0.15, 0.2) is 5.65 Å². The Morgan fingerprint density at radius 2 is 2.40 bits per heavy atom. The van der Waals surface area contributed by atoms with Gasteiger partial charge in [0.05, 0.1) is 18.5 Å². The van der Waals surface area contributed by atoms with Crippen molar-refractivity contribution in [2.45, 2.75) is 0 Å². The van der Waals surface area contributed by atoms with Crippen LogP contribution >= 0.6 is 0 Å².